The fourth-order valence-corrected chi connectivity index (χ4v) is 6.36. The van der Waals surface area contributed by atoms with Crippen LogP contribution in [0.1, 0.15) is 29.8 Å². The summed E-state index contributed by atoms with van der Waals surface area (Å²) in [4.78, 5) is 1.01. The topological polar surface area (TPSA) is 105 Å². The molecule has 1 atom stereocenters. The average molecular weight is 506 g/mol. The molecule has 0 bridgehead atoms. The summed E-state index contributed by atoms with van der Waals surface area (Å²) in [5, 5.41) is 6.41. The van der Waals surface area contributed by atoms with Crippen molar-refractivity contribution in [3.05, 3.63) is 76.5 Å². The van der Waals surface area contributed by atoms with E-state index in [-0.39, 0.29) is 10.6 Å². The molecule has 33 heavy (non-hydrogen) atoms. The summed E-state index contributed by atoms with van der Waals surface area (Å²) in [6, 6.07) is 16.3. The van der Waals surface area contributed by atoms with E-state index in [2.05, 4.69) is 9.82 Å². The third-order valence-electron chi connectivity index (χ3n) is 5.22. The highest BCUT2D eigenvalue weighted by Gasteiger charge is 2.38. The van der Waals surface area contributed by atoms with Crippen LogP contribution in [0.15, 0.2) is 76.0 Å². The van der Waals surface area contributed by atoms with E-state index in [1.165, 1.54) is 35.0 Å². The number of nitrogens with zero attached hydrogens (tertiary/aromatic N) is 2. The lowest BCUT2D eigenvalue weighted by atomic mass is 10.0. The van der Waals surface area contributed by atoms with E-state index in [9.17, 15) is 16.8 Å². The Morgan fingerprint density at radius 2 is 1.76 bits per heavy atom. The molecule has 0 spiro atoms. The number of sulfonamides is 2. The predicted octanol–water partition coefficient (Wildman–Crippen LogP) is 4.06. The summed E-state index contributed by atoms with van der Waals surface area (Å²) in [5.41, 5.74) is 1.77. The highest BCUT2D eigenvalue weighted by atomic mass is 32.2. The summed E-state index contributed by atoms with van der Waals surface area (Å²) < 4.78 is 59.3. The Morgan fingerprint density at radius 1 is 1.06 bits per heavy atom. The second-order valence-electron chi connectivity index (χ2n) is 7.32. The van der Waals surface area contributed by atoms with Crippen molar-refractivity contribution in [1.82, 2.24) is 4.41 Å². The van der Waals surface area contributed by atoms with Crippen molar-refractivity contribution in [2.24, 2.45) is 5.10 Å². The minimum atomic E-state index is -3.91. The first-order chi connectivity index (χ1) is 15.7. The standard InChI is InChI=1S/C22H23N3O5S3/c1-3-32(26,27)24-17-8-6-16(7-9-17)20-15-21(22-5-4-14-31-22)25(23-20)33(28,29)19-12-10-18(30-2)11-13-19/h4-14,21,24H,3,15H2,1-2H3/t21-/m0/s1. The lowest BCUT2D eigenvalue weighted by Crippen LogP contribution is -2.26. The van der Waals surface area contributed by atoms with E-state index >= 15 is 0 Å². The quantitative estimate of drug-likeness (QED) is 0.497. The van der Waals surface area contributed by atoms with Crippen molar-refractivity contribution in [2.75, 3.05) is 17.6 Å². The largest absolute Gasteiger partial charge is 0.497 e. The lowest BCUT2D eigenvalue weighted by molar-refractivity contribution is 0.375. The molecule has 0 amide bonds. The summed E-state index contributed by atoms with van der Waals surface area (Å²) in [5.74, 6) is 0.537. The molecule has 2 heterocycles. The van der Waals surface area contributed by atoms with Gasteiger partial charge in [0.15, 0.2) is 0 Å². The molecule has 0 aliphatic carbocycles. The van der Waals surface area contributed by atoms with Crippen LogP contribution in [0, 0.1) is 0 Å². The van der Waals surface area contributed by atoms with Crippen molar-refractivity contribution in [3.8, 4) is 5.75 Å². The van der Waals surface area contributed by atoms with E-state index in [0.717, 1.165) is 10.4 Å². The predicted molar refractivity (Wildman–Crippen MR) is 130 cm³/mol. The first kappa shape index (κ1) is 23.3. The first-order valence-electron chi connectivity index (χ1n) is 10.1. The number of nitrogens with one attached hydrogen (secondary N) is 1. The zero-order chi connectivity index (χ0) is 23.6. The number of methoxy groups -OCH3 is 1. The van der Waals surface area contributed by atoms with E-state index in [1.807, 2.05) is 17.5 Å². The maximum Gasteiger partial charge on any atom is 0.279 e. The number of hydrogen-bond acceptors (Lipinski definition) is 7. The molecule has 11 heteroatoms. The minimum absolute atomic E-state index is 0.0257. The molecule has 3 aromatic rings. The van der Waals surface area contributed by atoms with Gasteiger partial charge < -0.3 is 4.74 Å². The van der Waals surface area contributed by atoms with E-state index in [1.54, 1.807) is 43.3 Å². The minimum Gasteiger partial charge on any atom is -0.497 e. The third kappa shape index (κ3) is 4.90. The molecule has 1 aliphatic heterocycles. The number of thiophene rings is 1. The molecule has 1 aromatic heterocycles. The number of benzene rings is 2. The van der Waals surface area contributed by atoms with Crippen molar-refractivity contribution in [1.29, 1.82) is 0 Å². The van der Waals surface area contributed by atoms with Crippen LogP contribution < -0.4 is 9.46 Å². The van der Waals surface area contributed by atoms with Crippen LogP contribution in [0.5, 0.6) is 5.75 Å². The van der Waals surface area contributed by atoms with Gasteiger partial charge in [-0.2, -0.15) is 17.9 Å². The number of anilines is 1. The highest BCUT2D eigenvalue weighted by Crippen LogP contribution is 2.39. The van der Waals surface area contributed by atoms with Gasteiger partial charge in [-0.25, -0.2) is 8.42 Å². The van der Waals surface area contributed by atoms with Crippen molar-refractivity contribution in [2.45, 2.75) is 24.3 Å². The molecule has 1 N–H and O–H groups in total. The van der Waals surface area contributed by atoms with Gasteiger partial charge in [-0.15, -0.1) is 11.3 Å². The third-order valence-corrected chi connectivity index (χ3v) is 9.20. The Kier molecular flexibility index (Phi) is 6.46. The van der Waals surface area contributed by atoms with Gasteiger partial charge in [0.2, 0.25) is 10.0 Å². The number of hydrogen-bond donors (Lipinski definition) is 1. The molecule has 0 saturated carbocycles. The van der Waals surface area contributed by atoms with E-state index in [0.29, 0.717) is 23.6 Å². The normalized spacial score (nSPS) is 16.5. The maximum absolute atomic E-state index is 13.5. The monoisotopic (exact) mass is 505 g/mol. The summed E-state index contributed by atoms with van der Waals surface area (Å²) in [6.45, 7) is 1.56. The van der Waals surface area contributed by atoms with Crippen molar-refractivity contribution < 1.29 is 21.6 Å². The van der Waals surface area contributed by atoms with Crippen LogP contribution in [0.3, 0.4) is 0 Å². The zero-order valence-electron chi connectivity index (χ0n) is 18.0. The van der Waals surface area contributed by atoms with Gasteiger partial charge >= 0.3 is 0 Å². The fraction of sp³-hybridized carbons (Fsp3) is 0.227. The Hall–Kier alpha value is -2.89. The Bertz CT molecular complexity index is 1350. The van der Waals surface area contributed by atoms with E-state index < -0.39 is 26.1 Å². The molecule has 0 radical (unpaired) electrons. The van der Waals surface area contributed by atoms with Gasteiger partial charge in [-0.3, -0.25) is 4.72 Å². The molecule has 1 aliphatic rings. The molecule has 0 fully saturated rings. The summed E-state index contributed by atoms with van der Waals surface area (Å²) in [6.07, 6.45) is 0.399. The van der Waals surface area contributed by atoms with Crippen LogP contribution in [0.2, 0.25) is 0 Å². The molecule has 0 saturated heterocycles. The van der Waals surface area contributed by atoms with Crippen LogP contribution in [0.4, 0.5) is 5.69 Å². The molecule has 2 aromatic carbocycles. The van der Waals surface area contributed by atoms with Gasteiger partial charge in [0.1, 0.15) is 11.8 Å². The van der Waals surface area contributed by atoms with E-state index in [4.69, 9.17) is 4.74 Å². The maximum atomic E-state index is 13.5. The Labute approximate surface area is 197 Å². The van der Waals surface area contributed by atoms with Crippen LogP contribution in [0.25, 0.3) is 0 Å². The SMILES string of the molecule is CCS(=O)(=O)Nc1ccc(C2=NN(S(=O)(=O)c3ccc(OC)cc3)[C@H](c3cccs3)C2)cc1. The zero-order valence-corrected chi connectivity index (χ0v) is 20.5. The summed E-state index contributed by atoms with van der Waals surface area (Å²) in [7, 11) is -5.77. The molecular weight excluding hydrogens is 482 g/mol. The second-order valence-corrected chi connectivity index (χ2v) is 12.1. The van der Waals surface area contributed by atoms with Gasteiger partial charge in [0, 0.05) is 17.0 Å². The number of ether oxygens (including phenoxy) is 1. The molecule has 174 valence electrons. The van der Waals surface area contributed by atoms with Crippen LogP contribution in [-0.2, 0) is 20.0 Å². The average Bonchev–Trinajstić information content (AvgIpc) is 3.50. The van der Waals surface area contributed by atoms with Gasteiger partial charge in [-0.05, 0) is 60.3 Å². The number of rotatable bonds is 8. The fourth-order valence-electron chi connectivity index (χ4n) is 3.42. The van der Waals surface area contributed by atoms with Crippen molar-refractivity contribution >= 4 is 42.8 Å². The van der Waals surface area contributed by atoms with Gasteiger partial charge in [0.05, 0.1) is 23.5 Å². The Morgan fingerprint density at radius 3 is 2.33 bits per heavy atom. The molecule has 0 unspecified atom stereocenters. The smallest absolute Gasteiger partial charge is 0.279 e. The highest BCUT2D eigenvalue weighted by molar-refractivity contribution is 7.92. The second kappa shape index (κ2) is 9.16. The molecule has 4 rings (SSSR count). The van der Waals surface area contributed by atoms with Crippen LogP contribution >= 0.6 is 11.3 Å². The lowest BCUT2D eigenvalue weighted by Gasteiger charge is -2.22. The van der Waals surface area contributed by atoms with Gasteiger partial charge in [0.25, 0.3) is 10.0 Å². The first-order valence-corrected chi connectivity index (χ1v) is 14.1. The van der Waals surface area contributed by atoms with Crippen LogP contribution in [-0.4, -0.2) is 39.8 Å². The Balaban J connectivity index is 1.68. The molecule has 8 nitrogen and oxygen atoms in total. The molecular formula is C22H23N3O5S3. The number of hydrazone groups is 1. The van der Waals surface area contributed by atoms with Crippen molar-refractivity contribution in [3.63, 3.8) is 0 Å². The van der Waals surface area contributed by atoms with Gasteiger partial charge in [-0.1, -0.05) is 18.2 Å². The summed E-state index contributed by atoms with van der Waals surface area (Å²) >= 11 is 1.47.